The Bertz CT molecular complexity index is 777. The molecule has 5 heteroatoms. The van der Waals surface area contributed by atoms with E-state index in [0.29, 0.717) is 6.42 Å². The Morgan fingerprint density at radius 2 is 2.27 bits per heavy atom. The molecule has 1 aliphatic rings. The van der Waals surface area contributed by atoms with E-state index >= 15 is 0 Å². The van der Waals surface area contributed by atoms with Crippen LogP contribution in [-0.4, -0.2) is 30.0 Å². The molecule has 2 N–H and O–H groups in total. The summed E-state index contributed by atoms with van der Waals surface area (Å²) in [6.07, 6.45) is 3.89. The molecule has 5 nitrogen and oxygen atoms in total. The van der Waals surface area contributed by atoms with Crippen molar-refractivity contribution in [3.05, 3.63) is 48.2 Å². The van der Waals surface area contributed by atoms with Crippen LogP contribution in [0.3, 0.4) is 0 Å². The standard InChI is InChI=1S/C17H18N2O3/c1-4-17(2)11-6-5-7-12-14(11)10(9-18-12)8-13(15(20)22-3)19-16(17)21/h4-7,9,13,18H,1,8H2,2-3H3,(H,19,21)/t13-,17-/m0/s1. The van der Waals surface area contributed by atoms with Gasteiger partial charge in [0, 0.05) is 23.5 Å². The quantitative estimate of drug-likeness (QED) is 0.656. The second-order valence-electron chi connectivity index (χ2n) is 5.70. The summed E-state index contributed by atoms with van der Waals surface area (Å²) in [6, 6.07) is 5.09. The number of carbonyl (C=O) groups is 2. The fourth-order valence-electron chi connectivity index (χ4n) is 3.04. The predicted molar refractivity (Wildman–Crippen MR) is 83.5 cm³/mol. The monoisotopic (exact) mass is 298 g/mol. The number of aromatic nitrogens is 1. The van der Waals surface area contributed by atoms with Gasteiger partial charge in [0.05, 0.1) is 12.5 Å². The third kappa shape index (κ3) is 1.93. The number of ether oxygens (including phenoxy) is 1. The van der Waals surface area contributed by atoms with Gasteiger partial charge in [-0.2, -0.15) is 0 Å². The number of aromatic amines is 1. The first kappa shape index (κ1) is 14.4. The maximum atomic E-state index is 12.7. The van der Waals surface area contributed by atoms with Gasteiger partial charge in [-0.3, -0.25) is 4.79 Å². The molecule has 0 aliphatic carbocycles. The van der Waals surface area contributed by atoms with Crippen LogP contribution in [0, 0.1) is 0 Å². The molecule has 1 aliphatic heterocycles. The van der Waals surface area contributed by atoms with Gasteiger partial charge in [-0.05, 0) is 24.1 Å². The van der Waals surface area contributed by atoms with E-state index in [1.165, 1.54) is 7.11 Å². The van der Waals surface area contributed by atoms with Crippen molar-refractivity contribution in [3.63, 3.8) is 0 Å². The minimum atomic E-state index is -0.914. The molecule has 1 aromatic heterocycles. The molecule has 0 saturated heterocycles. The Balaban J connectivity index is 2.28. The zero-order chi connectivity index (χ0) is 15.9. The van der Waals surface area contributed by atoms with Gasteiger partial charge in [-0.25, -0.2) is 4.79 Å². The summed E-state index contributed by atoms with van der Waals surface area (Å²) >= 11 is 0. The van der Waals surface area contributed by atoms with Crippen molar-refractivity contribution < 1.29 is 14.3 Å². The molecule has 0 saturated carbocycles. The molecule has 0 bridgehead atoms. The normalized spacial score (nSPS) is 24.3. The number of nitrogens with one attached hydrogen (secondary N) is 2. The molecule has 0 spiro atoms. The topological polar surface area (TPSA) is 71.2 Å². The highest BCUT2D eigenvalue weighted by Crippen LogP contribution is 2.35. The van der Waals surface area contributed by atoms with E-state index in [2.05, 4.69) is 16.9 Å². The number of methoxy groups -OCH3 is 1. The molecule has 0 fully saturated rings. The first-order chi connectivity index (χ1) is 10.5. The minimum absolute atomic E-state index is 0.253. The molecule has 2 aromatic rings. The van der Waals surface area contributed by atoms with Crippen LogP contribution >= 0.6 is 0 Å². The molecule has 0 unspecified atom stereocenters. The summed E-state index contributed by atoms with van der Waals surface area (Å²) in [5.74, 6) is -0.703. The highest BCUT2D eigenvalue weighted by Gasteiger charge is 2.39. The van der Waals surface area contributed by atoms with Gasteiger partial charge in [0.15, 0.2) is 0 Å². The second kappa shape index (κ2) is 5.02. The minimum Gasteiger partial charge on any atom is -0.467 e. The highest BCUT2D eigenvalue weighted by molar-refractivity contribution is 6.00. The van der Waals surface area contributed by atoms with Crippen LogP contribution in [0.1, 0.15) is 18.1 Å². The van der Waals surface area contributed by atoms with Crippen LogP contribution in [0.25, 0.3) is 10.9 Å². The summed E-state index contributed by atoms with van der Waals surface area (Å²) < 4.78 is 4.81. The number of rotatable bonds is 2. The van der Waals surface area contributed by atoms with Crippen molar-refractivity contribution in [1.29, 1.82) is 0 Å². The molecular weight excluding hydrogens is 280 g/mol. The Morgan fingerprint density at radius 1 is 1.50 bits per heavy atom. The number of hydrogen-bond acceptors (Lipinski definition) is 3. The van der Waals surface area contributed by atoms with E-state index in [9.17, 15) is 9.59 Å². The van der Waals surface area contributed by atoms with Gasteiger partial charge in [-0.1, -0.05) is 18.2 Å². The summed E-state index contributed by atoms with van der Waals surface area (Å²) in [6.45, 7) is 5.63. The summed E-state index contributed by atoms with van der Waals surface area (Å²) in [5, 5.41) is 3.77. The molecule has 3 rings (SSSR count). The van der Waals surface area contributed by atoms with Gasteiger partial charge >= 0.3 is 5.97 Å². The Labute approximate surface area is 128 Å². The number of carbonyl (C=O) groups excluding carboxylic acids is 2. The lowest BCUT2D eigenvalue weighted by atomic mass is 9.77. The van der Waals surface area contributed by atoms with Crippen molar-refractivity contribution in [3.8, 4) is 0 Å². The van der Waals surface area contributed by atoms with Crippen molar-refractivity contribution in [2.45, 2.75) is 24.8 Å². The first-order valence-corrected chi connectivity index (χ1v) is 7.13. The summed E-state index contributed by atoms with van der Waals surface area (Å²) in [7, 11) is 1.32. The predicted octanol–water partition coefficient (Wildman–Crippen LogP) is 1.83. The number of benzene rings is 1. The first-order valence-electron chi connectivity index (χ1n) is 7.13. The Morgan fingerprint density at radius 3 is 2.95 bits per heavy atom. The van der Waals surface area contributed by atoms with Gasteiger partial charge in [-0.15, -0.1) is 6.58 Å². The summed E-state index contributed by atoms with van der Waals surface area (Å²) in [5.41, 5.74) is 1.90. The third-order valence-corrected chi connectivity index (χ3v) is 4.44. The van der Waals surface area contributed by atoms with E-state index in [0.717, 1.165) is 22.0 Å². The molecule has 1 amide bonds. The van der Waals surface area contributed by atoms with Crippen LogP contribution in [0.5, 0.6) is 0 Å². The molecule has 0 radical (unpaired) electrons. The van der Waals surface area contributed by atoms with Crippen LogP contribution in [0.15, 0.2) is 37.1 Å². The zero-order valence-electron chi connectivity index (χ0n) is 12.6. The zero-order valence-corrected chi connectivity index (χ0v) is 12.6. The molecular formula is C17H18N2O3. The maximum absolute atomic E-state index is 12.7. The molecule has 22 heavy (non-hydrogen) atoms. The molecule has 114 valence electrons. The van der Waals surface area contributed by atoms with Gasteiger partial charge in [0.1, 0.15) is 6.04 Å². The van der Waals surface area contributed by atoms with Crippen LogP contribution < -0.4 is 5.32 Å². The average Bonchev–Trinajstić information content (AvgIpc) is 2.94. The fourth-order valence-corrected chi connectivity index (χ4v) is 3.04. The number of hydrogen-bond donors (Lipinski definition) is 2. The number of H-pyrrole nitrogens is 1. The number of esters is 1. The second-order valence-corrected chi connectivity index (χ2v) is 5.70. The van der Waals surface area contributed by atoms with Crippen molar-refractivity contribution in [2.75, 3.05) is 7.11 Å². The van der Waals surface area contributed by atoms with E-state index in [1.807, 2.05) is 24.4 Å². The molecule has 2 heterocycles. The Hall–Kier alpha value is -2.56. The maximum Gasteiger partial charge on any atom is 0.328 e. The summed E-state index contributed by atoms with van der Waals surface area (Å²) in [4.78, 5) is 27.9. The van der Waals surface area contributed by atoms with Crippen molar-refractivity contribution >= 4 is 22.8 Å². The van der Waals surface area contributed by atoms with Crippen LogP contribution in [0.2, 0.25) is 0 Å². The van der Waals surface area contributed by atoms with Gasteiger partial charge in [0.2, 0.25) is 5.91 Å². The van der Waals surface area contributed by atoms with E-state index < -0.39 is 17.4 Å². The van der Waals surface area contributed by atoms with Gasteiger partial charge < -0.3 is 15.0 Å². The lowest BCUT2D eigenvalue weighted by Crippen LogP contribution is -2.51. The number of amides is 1. The van der Waals surface area contributed by atoms with E-state index in [-0.39, 0.29) is 5.91 Å². The lowest BCUT2D eigenvalue weighted by Gasteiger charge is -2.31. The molecule has 2 atom stereocenters. The largest absolute Gasteiger partial charge is 0.467 e. The molecule has 1 aromatic carbocycles. The smallest absolute Gasteiger partial charge is 0.328 e. The van der Waals surface area contributed by atoms with Gasteiger partial charge in [0.25, 0.3) is 0 Å². The van der Waals surface area contributed by atoms with Crippen molar-refractivity contribution in [2.24, 2.45) is 0 Å². The third-order valence-electron chi connectivity index (χ3n) is 4.44. The fraction of sp³-hybridized carbons (Fsp3) is 0.294. The van der Waals surface area contributed by atoms with E-state index in [1.54, 1.807) is 13.0 Å². The lowest BCUT2D eigenvalue weighted by molar-refractivity contribution is -0.145. The Kier molecular flexibility index (Phi) is 3.28. The average molecular weight is 298 g/mol. The SMILES string of the molecule is C=C[C@]1(C)C(=O)N[C@H](C(=O)OC)Cc2c[nH]c3cccc1c23. The highest BCUT2D eigenvalue weighted by atomic mass is 16.5. The van der Waals surface area contributed by atoms with Crippen molar-refractivity contribution in [1.82, 2.24) is 10.3 Å². The van der Waals surface area contributed by atoms with Crippen LogP contribution in [0.4, 0.5) is 0 Å². The van der Waals surface area contributed by atoms with Crippen LogP contribution in [-0.2, 0) is 26.2 Å². The van der Waals surface area contributed by atoms with E-state index in [4.69, 9.17) is 4.74 Å².